The smallest absolute Gasteiger partial charge is 0.414 e. The second kappa shape index (κ2) is 10.2. The molecule has 2 N–H and O–H groups in total. The third kappa shape index (κ3) is 4.36. The molecule has 0 bridgehead atoms. The van der Waals surface area contributed by atoms with E-state index < -0.39 is 29.9 Å². The van der Waals surface area contributed by atoms with Crippen molar-refractivity contribution >= 4 is 28.8 Å². The summed E-state index contributed by atoms with van der Waals surface area (Å²) in [7, 11) is 2.79. The van der Waals surface area contributed by atoms with Gasteiger partial charge in [-0.2, -0.15) is 0 Å². The number of carbonyl (C=O) groups is 2. The molecule has 3 aromatic rings. The van der Waals surface area contributed by atoms with Crippen LogP contribution in [0.5, 0.6) is 5.75 Å². The average Bonchev–Trinajstić information content (AvgIpc) is 3.32. The van der Waals surface area contributed by atoms with Gasteiger partial charge >= 0.3 is 12.1 Å². The van der Waals surface area contributed by atoms with Gasteiger partial charge in [0.15, 0.2) is 0 Å². The molecule has 0 radical (unpaired) electrons. The number of fused-ring (bicyclic) bond motifs is 3. The molecule has 9 nitrogen and oxygen atoms in total. The lowest BCUT2D eigenvalue weighted by molar-refractivity contribution is -0.143. The van der Waals surface area contributed by atoms with E-state index in [1.807, 2.05) is 23.6 Å². The number of nitrogens with zero attached hydrogens (tertiary/aromatic N) is 3. The number of aliphatic hydroxyl groups excluding tert-OH is 1. The molecule has 0 saturated heterocycles. The molecule has 2 heterocycles. The SMILES string of the molecule is COC(=O)N1c2ccc3c(nc([C@@H](O)c4cc(F)ccc4OC)n3C3CCC[C@H](C(=O)O)C3)c2CC[C@H]1C. The van der Waals surface area contributed by atoms with Gasteiger partial charge in [0.2, 0.25) is 0 Å². The number of imidazole rings is 1. The van der Waals surface area contributed by atoms with E-state index in [0.29, 0.717) is 42.6 Å². The van der Waals surface area contributed by atoms with E-state index in [0.717, 1.165) is 23.9 Å². The molecule has 1 aliphatic carbocycles. The second-order valence-corrected chi connectivity index (χ2v) is 10.1. The molecular weight excluding hydrogens is 493 g/mol. The first kappa shape index (κ1) is 26.0. The summed E-state index contributed by atoms with van der Waals surface area (Å²) in [6.45, 7) is 1.96. The van der Waals surface area contributed by atoms with Crippen LogP contribution in [-0.2, 0) is 16.0 Å². The minimum Gasteiger partial charge on any atom is -0.496 e. The maximum Gasteiger partial charge on any atom is 0.414 e. The molecule has 1 amide bonds. The zero-order chi connectivity index (χ0) is 27.1. The van der Waals surface area contributed by atoms with Crippen LogP contribution in [0.1, 0.15) is 68.1 Å². The van der Waals surface area contributed by atoms with E-state index >= 15 is 0 Å². The van der Waals surface area contributed by atoms with Crippen molar-refractivity contribution in [1.82, 2.24) is 9.55 Å². The maximum atomic E-state index is 14.3. The molecule has 2 aliphatic rings. The fourth-order valence-corrected chi connectivity index (χ4v) is 6.05. The summed E-state index contributed by atoms with van der Waals surface area (Å²) in [5, 5.41) is 21.3. The van der Waals surface area contributed by atoms with Gasteiger partial charge < -0.3 is 24.3 Å². The topological polar surface area (TPSA) is 114 Å². The standard InChI is InChI=1S/C28H32FN3O6/c1-15-7-9-19-21(31(15)28(36)38-3)10-11-22-24(19)30-26(25(33)20-14-17(29)8-12-23(20)37-2)32(22)18-6-4-5-16(13-18)27(34)35/h8,10-12,14-16,18,25,33H,4-7,9,13H2,1-3H3,(H,34,35)/t15-,16+,18?,25+/m1/s1. The Morgan fingerprint density at radius 2 is 1.95 bits per heavy atom. The summed E-state index contributed by atoms with van der Waals surface area (Å²) in [5.41, 5.74) is 3.15. The second-order valence-electron chi connectivity index (χ2n) is 10.1. The Bertz CT molecular complexity index is 1390. The Hall–Kier alpha value is -3.66. The molecule has 4 atom stereocenters. The van der Waals surface area contributed by atoms with Crippen molar-refractivity contribution in [3.63, 3.8) is 0 Å². The highest BCUT2D eigenvalue weighted by Crippen LogP contribution is 2.43. The minimum absolute atomic E-state index is 0.0641. The Labute approximate surface area is 219 Å². The van der Waals surface area contributed by atoms with Crippen molar-refractivity contribution in [3.05, 3.63) is 53.1 Å². The average molecular weight is 526 g/mol. The maximum absolute atomic E-state index is 14.3. The molecular formula is C28H32FN3O6. The van der Waals surface area contributed by atoms with Crippen molar-refractivity contribution in [2.45, 2.75) is 63.6 Å². The first-order valence-electron chi connectivity index (χ1n) is 12.9. The van der Waals surface area contributed by atoms with Gasteiger partial charge in [-0.3, -0.25) is 9.69 Å². The van der Waals surface area contributed by atoms with Gasteiger partial charge in [0.1, 0.15) is 23.5 Å². The largest absolute Gasteiger partial charge is 0.496 e. The van der Waals surface area contributed by atoms with Gasteiger partial charge in [0.05, 0.1) is 36.9 Å². The summed E-state index contributed by atoms with van der Waals surface area (Å²) < 4.78 is 26.6. The van der Waals surface area contributed by atoms with Crippen molar-refractivity contribution in [2.24, 2.45) is 5.92 Å². The van der Waals surface area contributed by atoms with Gasteiger partial charge in [0.25, 0.3) is 0 Å². The number of aliphatic hydroxyl groups is 1. The number of carboxylic acid groups (broad SMARTS) is 1. The Kier molecular flexibility index (Phi) is 7.00. The van der Waals surface area contributed by atoms with E-state index in [1.165, 1.54) is 32.4 Å². The number of aromatic nitrogens is 2. The van der Waals surface area contributed by atoms with Crippen molar-refractivity contribution in [1.29, 1.82) is 0 Å². The Morgan fingerprint density at radius 3 is 2.66 bits per heavy atom. The van der Waals surface area contributed by atoms with Gasteiger partial charge in [-0.1, -0.05) is 6.42 Å². The van der Waals surface area contributed by atoms with E-state index in [2.05, 4.69) is 0 Å². The van der Waals surface area contributed by atoms with E-state index in [9.17, 15) is 24.2 Å². The molecule has 1 fully saturated rings. The number of methoxy groups -OCH3 is 2. The summed E-state index contributed by atoms with van der Waals surface area (Å²) in [6.07, 6.45) is 2.01. The van der Waals surface area contributed by atoms with Crippen LogP contribution >= 0.6 is 0 Å². The lowest BCUT2D eigenvalue weighted by Gasteiger charge is -2.34. The van der Waals surface area contributed by atoms with Crippen LogP contribution in [0.4, 0.5) is 14.9 Å². The number of hydrogen-bond acceptors (Lipinski definition) is 6. The van der Waals surface area contributed by atoms with Gasteiger partial charge in [-0.15, -0.1) is 0 Å². The number of ether oxygens (including phenoxy) is 2. The summed E-state index contributed by atoms with van der Waals surface area (Å²) >= 11 is 0. The normalized spacial score (nSPS) is 22.1. The number of amides is 1. The molecule has 38 heavy (non-hydrogen) atoms. The highest BCUT2D eigenvalue weighted by Gasteiger charge is 2.36. The van der Waals surface area contributed by atoms with Gasteiger partial charge in [-0.05, 0) is 69.4 Å². The first-order chi connectivity index (χ1) is 18.2. The highest BCUT2D eigenvalue weighted by molar-refractivity contribution is 5.95. The quantitative estimate of drug-likeness (QED) is 0.482. The molecule has 10 heteroatoms. The van der Waals surface area contributed by atoms with Crippen LogP contribution in [-0.4, -0.2) is 52.1 Å². The third-order valence-electron chi connectivity index (χ3n) is 7.94. The molecule has 1 aliphatic heterocycles. The van der Waals surface area contributed by atoms with Crippen molar-refractivity contribution in [2.75, 3.05) is 19.1 Å². The number of aliphatic carboxylic acids is 1. The summed E-state index contributed by atoms with van der Waals surface area (Å²) in [5.74, 6) is -1.26. The minimum atomic E-state index is -1.33. The monoisotopic (exact) mass is 525 g/mol. The van der Waals surface area contributed by atoms with Crippen molar-refractivity contribution < 1.29 is 33.7 Å². The summed E-state index contributed by atoms with van der Waals surface area (Å²) in [4.78, 5) is 31.0. The van der Waals surface area contributed by atoms with Crippen LogP contribution < -0.4 is 9.64 Å². The number of carbonyl (C=O) groups excluding carboxylic acids is 1. The van der Waals surface area contributed by atoms with E-state index in [-0.39, 0.29) is 23.5 Å². The molecule has 202 valence electrons. The molecule has 1 saturated carbocycles. The van der Waals surface area contributed by atoms with Gasteiger partial charge in [0, 0.05) is 23.2 Å². The molecule has 2 aromatic carbocycles. The number of halogens is 1. The van der Waals surface area contributed by atoms with Crippen LogP contribution in [0.2, 0.25) is 0 Å². The first-order valence-corrected chi connectivity index (χ1v) is 12.9. The Morgan fingerprint density at radius 1 is 1.16 bits per heavy atom. The van der Waals surface area contributed by atoms with Crippen molar-refractivity contribution in [3.8, 4) is 5.75 Å². The summed E-state index contributed by atoms with van der Waals surface area (Å²) in [6, 6.07) is 7.37. The molecule has 0 spiro atoms. The van der Waals surface area contributed by atoms with Crippen LogP contribution in [0, 0.1) is 11.7 Å². The number of rotatable bonds is 5. The lowest BCUT2D eigenvalue weighted by atomic mass is 9.85. The number of aryl methyl sites for hydroxylation is 1. The Balaban J connectivity index is 1.72. The molecule has 5 rings (SSSR count). The molecule has 1 aromatic heterocycles. The zero-order valence-electron chi connectivity index (χ0n) is 21.7. The highest BCUT2D eigenvalue weighted by atomic mass is 19.1. The predicted molar refractivity (Wildman–Crippen MR) is 138 cm³/mol. The van der Waals surface area contributed by atoms with Crippen LogP contribution in [0.15, 0.2) is 30.3 Å². The fraction of sp³-hybridized carbons (Fsp3) is 0.464. The van der Waals surface area contributed by atoms with E-state index in [1.54, 1.807) is 4.90 Å². The van der Waals surface area contributed by atoms with Crippen LogP contribution in [0.25, 0.3) is 11.0 Å². The molecule has 1 unspecified atom stereocenters. The third-order valence-corrected chi connectivity index (χ3v) is 7.94. The number of anilines is 1. The number of hydrogen-bond donors (Lipinski definition) is 2. The van der Waals surface area contributed by atoms with E-state index in [4.69, 9.17) is 14.5 Å². The number of benzene rings is 2. The van der Waals surface area contributed by atoms with Crippen LogP contribution in [0.3, 0.4) is 0 Å². The predicted octanol–water partition coefficient (Wildman–Crippen LogP) is 4.99. The lowest BCUT2D eigenvalue weighted by Crippen LogP contribution is -2.42. The zero-order valence-corrected chi connectivity index (χ0v) is 21.7. The number of carboxylic acids is 1. The van der Waals surface area contributed by atoms with Gasteiger partial charge in [-0.25, -0.2) is 14.2 Å². The fourth-order valence-electron chi connectivity index (χ4n) is 6.05.